The lowest BCUT2D eigenvalue weighted by atomic mass is 9.99. The van der Waals surface area contributed by atoms with Crippen molar-refractivity contribution in [1.82, 2.24) is 0 Å². The zero-order chi connectivity index (χ0) is 15.3. The summed E-state index contributed by atoms with van der Waals surface area (Å²) in [6.07, 6.45) is 0.173. The molecule has 0 spiro atoms. The Morgan fingerprint density at radius 3 is 2.55 bits per heavy atom. The first-order valence-corrected chi connectivity index (χ1v) is 6.38. The average molecular weight is 279 g/mol. The molecular formula is C14H21N3O3. The zero-order valence-corrected chi connectivity index (χ0v) is 12.0. The van der Waals surface area contributed by atoms with Crippen molar-refractivity contribution in [3.63, 3.8) is 0 Å². The Morgan fingerprint density at radius 1 is 1.35 bits per heavy atom. The summed E-state index contributed by atoms with van der Waals surface area (Å²) in [6, 6.07) is 4.96. The molecule has 1 amide bonds. The summed E-state index contributed by atoms with van der Waals surface area (Å²) >= 11 is 0. The first-order valence-electron chi connectivity index (χ1n) is 6.38. The second kappa shape index (κ2) is 6.27. The van der Waals surface area contributed by atoms with Gasteiger partial charge in [-0.3, -0.25) is 4.79 Å². The van der Waals surface area contributed by atoms with Gasteiger partial charge in [0.1, 0.15) is 0 Å². The zero-order valence-electron chi connectivity index (χ0n) is 12.0. The summed E-state index contributed by atoms with van der Waals surface area (Å²) in [5.41, 5.74) is 11.8. The van der Waals surface area contributed by atoms with Crippen molar-refractivity contribution in [3.8, 4) is 0 Å². The van der Waals surface area contributed by atoms with E-state index in [2.05, 4.69) is 5.32 Å². The van der Waals surface area contributed by atoms with Gasteiger partial charge in [-0.05, 0) is 39.0 Å². The summed E-state index contributed by atoms with van der Waals surface area (Å²) in [6.45, 7) is 5.70. The number of rotatable bonds is 6. The molecule has 0 aliphatic carbocycles. The van der Waals surface area contributed by atoms with Gasteiger partial charge >= 0.3 is 5.97 Å². The number of ether oxygens (including phenoxy) is 1. The Balaban J connectivity index is 2.95. The first kappa shape index (κ1) is 15.8. The van der Waals surface area contributed by atoms with Crippen molar-refractivity contribution < 1.29 is 14.3 Å². The number of carbonyl (C=O) groups excluding carboxylic acids is 2. The number of hydrogen-bond donors (Lipinski definition) is 3. The van der Waals surface area contributed by atoms with Crippen LogP contribution >= 0.6 is 0 Å². The summed E-state index contributed by atoms with van der Waals surface area (Å²) in [4.78, 5) is 22.8. The van der Waals surface area contributed by atoms with Crippen LogP contribution in [0.4, 0.5) is 11.4 Å². The Bertz CT molecular complexity index is 512. The second-order valence-electron chi connectivity index (χ2n) is 5.17. The Morgan fingerprint density at radius 2 is 2.00 bits per heavy atom. The fraction of sp³-hybridized carbons (Fsp3) is 0.429. The van der Waals surface area contributed by atoms with Crippen LogP contribution in [0.3, 0.4) is 0 Å². The molecule has 110 valence electrons. The predicted octanol–water partition coefficient (Wildman–Crippen LogP) is 1.51. The minimum Gasteiger partial charge on any atom is -0.462 e. The van der Waals surface area contributed by atoms with Crippen LogP contribution in [-0.4, -0.2) is 24.0 Å². The number of nitrogens with one attached hydrogen (secondary N) is 1. The number of anilines is 2. The fourth-order valence-corrected chi connectivity index (χ4v) is 1.89. The monoisotopic (exact) mass is 279 g/mol. The molecule has 6 heteroatoms. The first-order chi connectivity index (χ1) is 9.25. The Labute approximate surface area is 118 Å². The van der Waals surface area contributed by atoms with E-state index in [0.717, 1.165) is 0 Å². The molecule has 0 heterocycles. The lowest BCUT2D eigenvalue weighted by Crippen LogP contribution is -2.36. The van der Waals surface area contributed by atoms with Gasteiger partial charge in [-0.2, -0.15) is 0 Å². The number of benzene rings is 1. The lowest BCUT2D eigenvalue weighted by molar-refractivity contribution is -0.118. The Hall–Kier alpha value is -2.24. The topological polar surface area (TPSA) is 107 Å². The van der Waals surface area contributed by atoms with Crippen LogP contribution in [0.25, 0.3) is 0 Å². The smallest absolute Gasteiger partial charge is 0.340 e. The number of nitrogen functional groups attached to an aromatic ring is 1. The van der Waals surface area contributed by atoms with Crippen molar-refractivity contribution in [3.05, 3.63) is 23.8 Å². The van der Waals surface area contributed by atoms with E-state index in [1.165, 1.54) is 0 Å². The van der Waals surface area contributed by atoms with E-state index in [4.69, 9.17) is 16.2 Å². The van der Waals surface area contributed by atoms with Crippen molar-refractivity contribution in [1.29, 1.82) is 0 Å². The molecule has 0 aromatic heterocycles. The van der Waals surface area contributed by atoms with Crippen LogP contribution < -0.4 is 16.8 Å². The normalized spacial score (nSPS) is 10.9. The van der Waals surface area contributed by atoms with Gasteiger partial charge < -0.3 is 21.5 Å². The van der Waals surface area contributed by atoms with Crippen molar-refractivity contribution in [2.24, 2.45) is 5.73 Å². The molecule has 0 bridgehead atoms. The summed E-state index contributed by atoms with van der Waals surface area (Å²) in [5, 5.41) is 3.15. The van der Waals surface area contributed by atoms with E-state index < -0.39 is 17.4 Å². The molecule has 0 saturated carbocycles. The van der Waals surface area contributed by atoms with Crippen molar-refractivity contribution in [2.75, 3.05) is 17.7 Å². The highest BCUT2D eigenvalue weighted by Crippen LogP contribution is 2.23. The van der Waals surface area contributed by atoms with Crippen LogP contribution in [0, 0.1) is 0 Å². The van der Waals surface area contributed by atoms with Gasteiger partial charge in [0, 0.05) is 23.3 Å². The molecule has 0 radical (unpaired) electrons. The second-order valence-corrected chi connectivity index (χ2v) is 5.17. The van der Waals surface area contributed by atoms with Gasteiger partial charge in [-0.15, -0.1) is 0 Å². The number of hydrogen-bond acceptors (Lipinski definition) is 5. The highest BCUT2D eigenvalue weighted by molar-refractivity contribution is 5.96. The minimum absolute atomic E-state index is 0.173. The van der Waals surface area contributed by atoms with Crippen LogP contribution in [0.5, 0.6) is 0 Å². The predicted molar refractivity (Wildman–Crippen MR) is 78.3 cm³/mol. The summed E-state index contributed by atoms with van der Waals surface area (Å²) in [5.74, 6) is -0.870. The van der Waals surface area contributed by atoms with E-state index in [0.29, 0.717) is 16.9 Å². The SMILES string of the molecule is CCOC(=O)c1cc(NC(C)(C)CC(N)=O)ccc1N. The molecule has 20 heavy (non-hydrogen) atoms. The van der Waals surface area contributed by atoms with Gasteiger partial charge in [0.2, 0.25) is 5.91 Å². The molecule has 0 aliphatic heterocycles. The average Bonchev–Trinajstić information content (AvgIpc) is 2.29. The largest absolute Gasteiger partial charge is 0.462 e. The van der Waals surface area contributed by atoms with Crippen LogP contribution in [0.2, 0.25) is 0 Å². The number of esters is 1. The van der Waals surface area contributed by atoms with Gasteiger partial charge in [-0.25, -0.2) is 4.79 Å². The minimum atomic E-state index is -0.520. The van der Waals surface area contributed by atoms with Gasteiger partial charge in [0.25, 0.3) is 0 Å². The third-order valence-electron chi connectivity index (χ3n) is 2.65. The molecule has 1 aromatic rings. The van der Waals surface area contributed by atoms with E-state index >= 15 is 0 Å². The summed E-state index contributed by atoms with van der Waals surface area (Å²) < 4.78 is 4.94. The molecular weight excluding hydrogens is 258 g/mol. The summed E-state index contributed by atoms with van der Waals surface area (Å²) in [7, 11) is 0. The highest BCUT2D eigenvalue weighted by atomic mass is 16.5. The van der Waals surface area contributed by atoms with Gasteiger partial charge in [-0.1, -0.05) is 0 Å². The number of primary amides is 1. The van der Waals surface area contributed by atoms with Gasteiger partial charge in [0.15, 0.2) is 0 Å². The number of nitrogens with two attached hydrogens (primary N) is 2. The molecule has 0 saturated heterocycles. The quantitative estimate of drug-likeness (QED) is 0.540. The van der Waals surface area contributed by atoms with E-state index in [-0.39, 0.29) is 13.0 Å². The number of amides is 1. The molecule has 1 aromatic carbocycles. The third-order valence-corrected chi connectivity index (χ3v) is 2.65. The highest BCUT2D eigenvalue weighted by Gasteiger charge is 2.21. The van der Waals surface area contributed by atoms with Crippen molar-refractivity contribution in [2.45, 2.75) is 32.7 Å². The lowest BCUT2D eigenvalue weighted by Gasteiger charge is -2.26. The maximum absolute atomic E-state index is 11.8. The van der Waals surface area contributed by atoms with Crippen LogP contribution in [-0.2, 0) is 9.53 Å². The number of carbonyl (C=O) groups is 2. The van der Waals surface area contributed by atoms with E-state index in [1.54, 1.807) is 25.1 Å². The molecule has 0 fully saturated rings. The molecule has 0 atom stereocenters. The van der Waals surface area contributed by atoms with Gasteiger partial charge in [0.05, 0.1) is 12.2 Å². The molecule has 1 rings (SSSR count). The molecule has 5 N–H and O–H groups in total. The van der Waals surface area contributed by atoms with Crippen LogP contribution in [0.15, 0.2) is 18.2 Å². The fourth-order valence-electron chi connectivity index (χ4n) is 1.89. The van der Waals surface area contributed by atoms with E-state index in [1.807, 2.05) is 13.8 Å². The van der Waals surface area contributed by atoms with Crippen molar-refractivity contribution >= 4 is 23.3 Å². The maximum Gasteiger partial charge on any atom is 0.340 e. The molecule has 6 nitrogen and oxygen atoms in total. The third kappa shape index (κ3) is 4.46. The molecule has 0 aliphatic rings. The van der Waals surface area contributed by atoms with E-state index in [9.17, 15) is 9.59 Å². The standard InChI is InChI=1S/C14H21N3O3/c1-4-20-13(19)10-7-9(5-6-11(10)15)17-14(2,3)8-12(16)18/h5-7,17H,4,8,15H2,1-3H3,(H2,16,18). The Kier molecular flexibility index (Phi) is 4.96. The van der Waals surface area contributed by atoms with Crippen LogP contribution in [0.1, 0.15) is 37.6 Å². The maximum atomic E-state index is 11.8. The molecule has 0 unspecified atom stereocenters.